The summed E-state index contributed by atoms with van der Waals surface area (Å²) in [7, 11) is 0. The monoisotopic (exact) mass is 338 g/mol. The average Bonchev–Trinajstić information content (AvgIpc) is 2.55. The minimum Gasteiger partial charge on any atom is -0.494 e. The van der Waals surface area contributed by atoms with E-state index in [4.69, 9.17) is 20.7 Å². The molecule has 1 amide bonds. The molecule has 24 heavy (non-hydrogen) atoms. The second-order valence-corrected chi connectivity index (χ2v) is 5.22. The van der Waals surface area contributed by atoms with Crippen LogP contribution in [-0.4, -0.2) is 47.3 Å². The maximum atomic E-state index is 11.1. The summed E-state index contributed by atoms with van der Waals surface area (Å²) < 4.78 is 5.55. The van der Waals surface area contributed by atoms with Crippen LogP contribution in [0.5, 0.6) is 5.75 Å². The second-order valence-electron chi connectivity index (χ2n) is 5.22. The van der Waals surface area contributed by atoms with E-state index in [1.165, 1.54) is 0 Å². The van der Waals surface area contributed by atoms with E-state index < -0.39 is 23.9 Å². The molecule has 8 nitrogen and oxygen atoms in total. The Labute approximate surface area is 139 Å². The SMILES string of the molecule is NCCCCCOc1ccc(CC(NC(=O)C(=O)O)C(=O)O)cc1. The predicted molar refractivity (Wildman–Crippen MR) is 85.7 cm³/mol. The van der Waals surface area contributed by atoms with Gasteiger partial charge in [0.15, 0.2) is 0 Å². The fourth-order valence-electron chi connectivity index (χ4n) is 1.99. The molecule has 1 unspecified atom stereocenters. The number of ether oxygens (including phenoxy) is 1. The number of nitrogens with one attached hydrogen (secondary N) is 1. The maximum Gasteiger partial charge on any atom is 0.394 e. The van der Waals surface area contributed by atoms with Crippen molar-refractivity contribution >= 4 is 17.8 Å². The van der Waals surface area contributed by atoms with Gasteiger partial charge in [-0.3, -0.25) is 4.79 Å². The number of rotatable bonds is 10. The van der Waals surface area contributed by atoms with Gasteiger partial charge < -0.3 is 26.0 Å². The van der Waals surface area contributed by atoms with Gasteiger partial charge in [0.05, 0.1) is 6.61 Å². The molecule has 1 atom stereocenters. The summed E-state index contributed by atoms with van der Waals surface area (Å²) in [6.45, 7) is 1.24. The highest BCUT2D eigenvalue weighted by Crippen LogP contribution is 2.14. The smallest absolute Gasteiger partial charge is 0.394 e. The van der Waals surface area contributed by atoms with Crippen LogP contribution in [-0.2, 0) is 20.8 Å². The van der Waals surface area contributed by atoms with Crippen LogP contribution in [0.4, 0.5) is 0 Å². The van der Waals surface area contributed by atoms with Gasteiger partial charge in [-0.15, -0.1) is 0 Å². The first-order valence-electron chi connectivity index (χ1n) is 7.62. The number of carboxylic acids is 2. The number of hydrogen-bond acceptors (Lipinski definition) is 5. The third-order valence-electron chi connectivity index (χ3n) is 3.28. The van der Waals surface area contributed by atoms with Crippen molar-refractivity contribution in [2.45, 2.75) is 31.7 Å². The highest BCUT2D eigenvalue weighted by molar-refractivity contribution is 6.31. The zero-order chi connectivity index (χ0) is 17.9. The van der Waals surface area contributed by atoms with E-state index in [-0.39, 0.29) is 6.42 Å². The summed E-state index contributed by atoms with van der Waals surface area (Å²) in [5.41, 5.74) is 6.05. The molecule has 0 fully saturated rings. The molecule has 0 saturated heterocycles. The van der Waals surface area contributed by atoms with Crippen LogP contribution in [0, 0.1) is 0 Å². The molecule has 1 aromatic carbocycles. The molecule has 0 aliphatic heterocycles. The Morgan fingerprint density at radius 2 is 1.75 bits per heavy atom. The summed E-state index contributed by atoms with van der Waals surface area (Å²) in [6, 6.07) is 5.46. The van der Waals surface area contributed by atoms with Crippen molar-refractivity contribution in [3.63, 3.8) is 0 Å². The predicted octanol–water partition coefficient (Wildman–Crippen LogP) is 0.391. The van der Waals surface area contributed by atoms with E-state index in [1.54, 1.807) is 24.3 Å². The number of unbranched alkanes of at least 4 members (excludes halogenated alkanes) is 2. The molecular formula is C16H22N2O6. The third-order valence-corrected chi connectivity index (χ3v) is 3.28. The second kappa shape index (κ2) is 10.2. The van der Waals surface area contributed by atoms with Gasteiger partial charge in [-0.2, -0.15) is 0 Å². The zero-order valence-electron chi connectivity index (χ0n) is 13.2. The molecule has 0 aromatic heterocycles. The lowest BCUT2D eigenvalue weighted by molar-refractivity contribution is -0.152. The summed E-state index contributed by atoms with van der Waals surface area (Å²) >= 11 is 0. The maximum absolute atomic E-state index is 11.1. The van der Waals surface area contributed by atoms with Gasteiger partial charge in [-0.05, 0) is 43.5 Å². The van der Waals surface area contributed by atoms with E-state index >= 15 is 0 Å². The molecule has 0 aliphatic carbocycles. The standard InChI is InChI=1S/C16H22N2O6/c17-8-2-1-3-9-24-12-6-4-11(5-7-12)10-13(15(20)21)18-14(19)16(22)23/h4-7,13H,1-3,8-10,17H2,(H,18,19)(H,20,21)(H,22,23). The lowest BCUT2D eigenvalue weighted by atomic mass is 10.1. The van der Waals surface area contributed by atoms with Crippen LogP contribution in [0.15, 0.2) is 24.3 Å². The summed E-state index contributed by atoms with van der Waals surface area (Å²) in [5, 5.41) is 19.5. The van der Waals surface area contributed by atoms with Gasteiger partial charge in [0, 0.05) is 6.42 Å². The zero-order valence-corrected chi connectivity index (χ0v) is 13.2. The van der Waals surface area contributed by atoms with Crippen molar-refractivity contribution in [1.29, 1.82) is 0 Å². The van der Waals surface area contributed by atoms with Gasteiger partial charge in [-0.25, -0.2) is 9.59 Å². The first kappa shape index (κ1) is 19.4. The molecule has 0 aliphatic rings. The molecule has 8 heteroatoms. The molecule has 0 radical (unpaired) electrons. The number of hydrogen-bond donors (Lipinski definition) is 4. The van der Waals surface area contributed by atoms with Gasteiger partial charge in [0.2, 0.25) is 0 Å². The van der Waals surface area contributed by atoms with Crippen LogP contribution >= 0.6 is 0 Å². The van der Waals surface area contributed by atoms with Gasteiger partial charge in [0.1, 0.15) is 11.8 Å². The van der Waals surface area contributed by atoms with E-state index in [0.29, 0.717) is 24.5 Å². The van der Waals surface area contributed by atoms with Gasteiger partial charge in [0.25, 0.3) is 0 Å². The van der Waals surface area contributed by atoms with E-state index in [2.05, 4.69) is 0 Å². The van der Waals surface area contributed by atoms with E-state index in [9.17, 15) is 14.4 Å². The minimum absolute atomic E-state index is 0.0227. The molecule has 1 aromatic rings. The van der Waals surface area contributed by atoms with E-state index in [0.717, 1.165) is 19.3 Å². The topological polar surface area (TPSA) is 139 Å². The number of nitrogens with two attached hydrogens (primary N) is 1. The first-order valence-corrected chi connectivity index (χ1v) is 7.62. The number of carboxylic acid groups (broad SMARTS) is 2. The van der Waals surface area contributed by atoms with Crippen LogP contribution in [0.3, 0.4) is 0 Å². The Hall–Kier alpha value is -2.61. The number of amides is 1. The van der Waals surface area contributed by atoms with Crippen molar-refractivity contribution in [2.75, 3.05) is 13.2 Å². The minimum atomic E-state index is -1.72. The fourth-order valence-corrected chi connectivity index (χ4v) is 1.99. The molecule has 0 saturated carbocycles. The lowest BCUT2D eigenvalue weighted by Crippen LogP contribution is -2.45. The third kappa shape index (κ3) is 7.10. The van der Waals surface area contributed by atoms with Crippen LogP contribution in [0.1, 0.15) is 24.8 Å². The molecule has 0 bridgehead atoms. The highest BCUT2D eigenvalue weighted by atomic mass is 16.5. The van der Waals surface area contributed by atoms with Crippen LogP contribution in [0.25, 0.3) is 0 Å². The normalized spacial score (nSPS) is 11.5. The number of carbonyl (C=O) groups is 3. The molecule has 0 spiro atoms. The first-order chi connectivity index (χ1) is 11.4. The molecule has 0 heterocycles. The number of carbonyl (C=O) groups excluding carboxylic acids is 1. The van der Waals surface area contributed by atoms with Crippen LogP contribution in [0.2, 0.25) is 0 Å². The molecular weight excluding hydrogens is 316 g/mol. The molecule has 132 valence electrons. The Morgan fingerprint density at radius 3 is 2.29 bits per heavy atom. The lowest BCUT2D eigenvalue weighted by Gasteiger charge is -2.13. The Kier molecular flexibility index (Phi) is 8.28. The number of aliphatic carboxylic acids is 2. The Bertz CT molecular complexity index is 558. The summed E-state index contributed by atoms with van der Waals surface area (Å²) in [4.78, 5) is 32.7. The van der Waals surface area contributed by atoms with Crippen molar-refractivity contribution in [3.8, 4) is 5.75 Å². The van der Waals surface area contributed by atoms with Crippen molar-refractivity contribution in [1.82, 2.24) is 5.32 Å². The van der Waals surface area contributed by atoms with Crippen molar-refractivity contribution in [2.24, 2.45) is 5.73 Å². The highest BCUT2D eigenvalue weighted by Gasteiger charge is 2.23. The van der Waals surface area contributed by atoms with Gasteiger partial charge >= 0.3 is 17.8 Å². The summed E-state index contributed by atoms with van der Waals surface area (Å²) in [6.07, 6.45) is 2.84. The number of benzene rings is 1. The van der Waals surface area contributed by atoms with Crippen LogP contribution < -0.4 is 15.8 Å². The van der Waals surface area contributed by atoms with Crippen molar-refractivity contribution < 1.29 is 29.3 Å². The van der Waals surface area contributed by atoms with Gasteiger partial charge in [-0.1, -0.05) is 12.1 Å². The molecule has 1 rings (SSSR count). The van der Waals surface area contributed by atoms with E-state index in [1.807, 2.05) is 5.32 Å². The molecule has 5 N–H and O–H groups in total. The largest absolute Gasteiger partial charge is 0.494 e. The quantitative estimate of drug-likeness (QED) is 0.357. The fraction of sp³-hybridized carbons (Fsp3) is 0.438. The summed E-state index contributed by atoms with van der Waals surface area (Å²) in [5.74, 6) is -3.71. The van der Waals surface area contributed by atoms with Crippen molar-refractivity contribution in [3.05, 3.63) is 29.8 Å². The Morgan fingerprint density at radius 1 is 1.08 bits per heavy atom. The average molecular weight is 338 g/mol. The Balaban J connectivity index is 2.52.